The van der Waals surface area contributed by atoms with Crippen molar-refractivity contribution in [3.63, 3.8) is 0 Å². The Morgan fingerprint density at radius 3 is 0.412 bits per heavy atom. The molecule has 0 bridgehead atoms. The number of nitrogens with zero attached hydrogens (tertiary/aromatic N) is 4. The summed E-state index contributed by atoms with van der Waals surface area (Å²) in [5, 5.41) is 59.0. The second-order valence-corrected chi connectivity index (χ2v) is 0.894. The van der Waals surface area contributed by atoms with Gasteiger partial charge in [-0.25, -0.2) is 0 Å². The zero-order valence-electron chi connectivity index (χ0n) is 7.07. The van der Waals surface area contributed by atoms with Crippen LogP contribution in [-0.4, -0.2) is 20.3 Å². The van der Waals surface area contributed by atoms with E-state index in [0.29, 0.717) is 0 Å². The van der Waals surface area contributed by atoms with Gasteiger partial charge in [0.1, 0.15) is 0 Å². The number of rotatable bonds is 0. The number of hydrogen-bond acceptors (Lipinski definition) is 12. The quantitative estimate of drug-likeness (QED) is 0.351. The molecule has 17 heavy (non-hydrogen) atoms. The molecular formula is EuN4O12-4. The van der Waals surface area contributed by atoms with Crippen LogP contribution in [-0.2, 0) is 0 Å². The van der Waals surface area contributed by atoms with Crippen LogP contribution in [0, 0.1) is 111 Å². The molecule has 0 aromatic rings. The van der Waals surface area contributed by atoms with Crippen LogP contribution < -0.4 is 0 Å². The zero-order valence-corrected chi connectivity index (χ0v) is 9.49. The van der Waals surface area contributed by atoms with Crippen LogP contribution in [0.3, 0.4) is 0 Å². The first kappa shape index (κ1) is 29.5. The molecule has 0 fully saturated rings. The van der Waals surface area contributed by atoms with E-state index < -0.39 is 20.3 Å². The van der Waals surface area contributed by atoms with Crippen LogP contribution >= 0.6 is 0 Å². The molecule has 1 radical (unpaired) electrons. The largest absolute Gasteiger partial charge is 0.356 e. The Morgan fingerprint density at radius 2 is 0.412 bits per heavy atom. The molecule has 0 spiro atoms. The monoisotopic (exact) mass is 401 g/mol. The topological polar surface area (TPSA) is 265 Å². The van der Waals surface area contributed by atoms with Crippen LogP contribution in [0.4, 0.5) is 0 Å². The van der Waals surface area contributed by atoms with Gasteiger partial charge in [-0.2, -0.15) is 0 Å². The Hall–Kier alpha value is -1.62. The van der Waals surface area contributed by atoms with Gasteiger partial charge in [0.05, 0.1) is 20.3 Å². The van der Waals surface area contributed by atoms with Gasteiger partial charge in [-0.1, -0.05) is 0 Å². The second kappa shape index (κ2) is 23.9. The van der Waals surface area contributed by atoms with Crippen LogP contribution in [0.25, 0.3) is 0 Å². The van der Waals surface area contributed by atoms with Gasteiger partial charge >= 0.3 is 0 Å². The fourth-order valence-corrected chi connectivity index (χ4v) is 0. The molecule has 0 atom stereocenters. The molecule has 0 unspecified atom stereocenters. The average molecular weight is 400 g/mol. The molecule has 0 saturated carbocycles. The Morgan fingerprint density at radius 1 is 0.412 bits per heavy atom. The Labute approximate surface area is 130 Å². The second-order valence-electron chi connectivity index (χ2n) is 0.894. The van der Waals surface area contributed by atoms with E-state index in [1.54, 1.807) is 0 Å². The summed E-state index contributed by atoms with van der Waals surface area (Å²) in [7, 11) is 0. The van der Waals surface area contributed by atoms with Crippen LogP contribution in [0.5, 0.6) is 0 Å². The van der Waals surface area contributed by atoms with E-state index in [4.69, 9.17) is 61.3 Å². The van der Waals surface area contributed by atoms with Crippen molar-refractivity contribution >= 4 is 0 Å². The van der Waals surface area contributed by atoms with Gasteiger partial charge in [0.2, 0.25) is 0 Å². The summed E-state index contributed by atoms with van der Waals surface area (Å²) in [4.78, 5) is 33.0. The molecule has 0 aliphatic heterocycles. The zero-order chi connectivity index (χ0) is 14.3. The van der Waals surface area contributed by atoms with Gasteiger partial charge in [0.15, 0.2) is 0 Å². The van der Waals surface area contributed by atoms with Crippen LogP contribution in [0.1, 0.15) is 0 Å². The fraction of sp³-hybridized carbons (Fsp3) is 0. The van der Waals surface area contributed by atoms with Gasteiger partial charge in [-0.15, -0.1) is 0 Å². The van der Waals surface area contributed by atoms with Gasteiger partial charge < -0.3 is 61.3 Å². The Bertz CT molecular complexity index is 159. The molecule has 0 rings (SSSR count). The SMILES string of the molecule is O=[N+]([O-])[O-].O=[N+]([O-])[O-].O=[N+]([O-])[O-].O=[N+]([O-])[O-].[Eu]. The van der Waals surface area contributed by atoms with Gasteiger partial charge in [-0.3, -0.25) is 0 Å². The number of hydrogen-bond donors (Lipinski definition) is 0. The maximum atomic E-state index is 8.25. The molecule has 0 aromatic carbocycles. The summed E-state index contributed by atoms with van der Waals surface area (Å²) in [6, 6.07) is 0. The summed E-state index contributed by atoms with van der Waals surface area (Å²) in [6.45, 7) is 0. The summed E-state index contributed by atoms with van der Waals surface area (Å²) in [5.41, 5.74) is 0. The first-order valence-electron chi connectivity index (χ1n) is 2.19. The first-order valence-corrected chi connectivity index (χ1v) is 2.19. The molecule has 0 aromatic heterocycles. The molecule has 17 heteroatoms. The average Bonchev–Trinajstić information content (AvgIpc) is 1.76. The van der Waals surface area contributed by atoms with Crippen molar-refractivity contribution in [2.24, 2.45) is 0 Å². The summed E-state index contributed by atoms with van der Waals surface area (Å²) in [5.74, 6) is 0. The van der Waals surface area contributed by atoms with E-state index in [2.05, 4.69) is 0 Å². The van der Waals surface area contributed by atoms with Crippen molar-refractivity contribution in [1.29, 1.82) is 0 Å². The molecule has 16 nitrogen and oxygen atoms in total. The molecule has 0 amide bonds. The maximum Gasteiger partial charge on any atom is 0.0689 e. The van der Waals surface area contributed by atoms with Crippen molar-refractivity contribution in [3.05, 3.63) is 61.3 Å². The predicted molar refractivity (Wildman–Crippen MR) is 41.4 cm³/mol. The van der Waals surface area contributed by atoms with E-state index in [0.717, 1.165) is 0 Å². The minimum absolute atomic E-state index is 0. The Kier molecular flexibility index (Phi) is 41.5. The van der Waals surface area contributed by atoms with Crippen LogP contribution in [0.2, 0.25) is 0 Å². The van der Waals surface area contributed by atoms with Crippen molar-refractivity contribution in [3.8, 4) is 0 Å². The summed E-state index contributed by atoms with van der Waals surface area (Å²) < 4.78 is 0. The summed E-state index contributed by atoms with van der Waals surface area (Å²) in [6.07, 6.45) is 0. The molecule has 0 aliphatic rings. The normalized spacial score (nSPS) is 5.65. The van der Waals surface area contributed by atoms with Crippen LogP contribution in [0.15, 0.2) is 0 Å². The predicted octanol–water partition coefficient (Wildman–Crippen LogP) is -0.956. The van der Waals surface area contributed by atoms with Crippen molar-refractivity contribution in [2.75, 3.05) is 0 Å². The molecule has 103 valence electrons. The van der Waals surface area contributed by atoms with Crippen molar-refractivity contribution < 1.29 is 69.7 Å². The molecule has 0 heterocycles. The third-order valence-electron chi connectivity index (χ3n) is 0. The van der Waals surface area contributed by atoms with E-state index in [9.17, 15) is 0 Å². The van der Waals surface area contributed by atoms with Crippen molar-refractivity contribution in [1.82, 2.24) is 0 Å². The van der Waals surface area contributed by atoms with Gasteiger partial charge in [0.25, 0.3) is 0 Å². The first-order chi connectivity index (χ1) is 6.93. The van der Waals surface area contributed by atoms with E-state index in [1.165, 1.54) is 0 Å². The molecule has 0 saturated heterocycles. The van der Waals surface area contributed by atoms with Gasteiger partial charge in [0, 0.05) is 49.4 Å². The van der Waals surface area contributed by atoms with Gasteiger partial charge in [-0.05, 0) is 0 Å². The molecule has 0 N–H and O–H groups in total. The summed E-state index contributed by atoms with van der Waals surface area (Å²) >= 11 is 0. The Balaban J connectivity index is -0.0000000369. The minimum Gasteiger partial charge on any atom is -0.356 e. The maximum absolute atomic E-state index is 8.25. The molecule has 0 aliphatic carbocycles. The van der Waals surface area contributed by atoms with E-state index >= 15 is 0 Å². The minimum atomic E-state index is -1.75. The standard InChI is InChI=1S/Eu.4NO3/c;4*2-1(3)4/q;4*-1. The van der Waals surface area contributed by atoms with Crippen molar-refractivity contribution in [2.45, 2.75) is 0 Å². The fourth-order valence-electron chi connectivity index (χ4n) is 0. The smallest absolute Gasteiger partial charge is 0.0689 e. The van der Waals surface area contributed by atoms with E-state index in [-0.39, 0.29) is 49.4 Å². The third kappa shape index (κ3) is 845. The third-order valence-corrected chi connectivity index (χ3v) is 0. The molecular weight excluding hydrogens is 400 g/mol. The van der Waals surface area contributed by atoms with E-state index in [1.807, 2.05) is 0 Å².